The van der Waals surface area contributed by atoms with Crippen molar-refractivity contribution in [3.63, 3.8) is 0 Å². The summed E-state index contributed by atoms with van der Waals surface area (Å²) in [6.45, 7) is 2.51. The highest BCUT2D eigenvalue weighted by Crippen LogP contribution is 2.16. The molecule has 0 spiro atoms. The Labute approximate surface area is 107 Å². The Morgan fingerprint density at radius 1 is 1.41 bits per heavy atom. The number of halogens is 1. The van der Waals surface area contributed by atoms with Crippen molar-refractivity contribution in [1.29, 1.82) is 0 Å². The lowest BCUT2D eigenvalue weighted by Crippen LogP contribution is -2.09. The second-order valence-corrected chi connectivity index (χ2v) is 4.28. The first kappa shape index (κ1) is 13.5. The van der Waals surface area contributed by atoms with E-state index in [4.69, 9.17) is 11.6 Å². The quantitative estimate of drug-likeness (QED) is 0.453. The van der Waals surface area contributed by atoms with E-state index >= 15 is 0 Å². The van der Waals surface area contributed by atoms with Gasteiger partial charge in [0.2, 0.25) is 0 Å². The highest BCUT2D eigenvalue weighted by atomic mass is 35.5. The summed E-state index contributed by atoms with van der Waals surface area (Å²) < 4.78 is 0. The molecule has 0 radical (unpaired) electrons. The summed E-state index contributed by atoms with van der Waals surface area (Å²) in [5.74, 6) is 0. The second kappa shape index (κ2) is 6.92. The normalized spacial score (nSPS) is 11.8. The Bertz CT molecular complexity index is 438. The number of hydrogen-bond donors (Lipinski definition) is 0. The minimum Gasteiger partial charge on any atom is -0.376 e. The van der Waals surface area contributed by atoms with Crippen molar-refractivity contribution in [2.45, 2.75) is 13.5 Å². The van der Waals surface area contributed by atoms with Crippen LogP contribution in [0, 0.1) is 0 Å². The first-order chi connectivity index (χ1) is 8.13. The third-order valence-electron chi connectivity index (χ3n) is 2.26. The van der Waals surface area contributed by atoms with Crippen LogP contribution in [0.3, 0.4) is 0 Å². The van der Waals surface area contributed by atoms with Gasteiger partial charge in [-0.05, 0) is 36.4 Å². The lowest BCUT2D eigenvalue weighted by atomic mass is 10.2. The van der Waals surface area contributed by atoms with Crippen LogP contribution < -0.4 is 0 Å². The van der Waals surface area contributed by atoms with Crippen LogP contribution in [0.25, 0.3) is 0 Å². The molecule has 1 rings (SSSR count). The number of hydrogen-bond acceptors (Lipinski definition) is 2. The van der Waals surface area contributed by atoms with Gasteiger partial charge in [-0.2, -0.15) is 0 Å². The van der Waals surface area contributed by atoms with E-state index in [-0.39, 0.29) is 0 Å². The van der Waals surface area contributed by atoms with Gasteiger partial charge in [-0.3, -0.25) is 4.79 Å². The molecule has 2 nitrogen and oxygen atoms in total. The fourth-order valence-corrected chi connectivity index (χ4v) is 1.52. The Balaban J connectivity index is 2.59. The monoisotopic (exact) mass is 249 g/mol. The van der Waals surface area contributed by atoms with Crippen molar-refractivity contribution in [3.05, 3.63) is 58.8 Å². The molecule has 1 aromatic rings. The first-order valence-corrected chi connectivity index (χ1v) is 5.75. The summed E-state index contributed by atoms with van der Waals surface area (Å²) in [6.07, 6.45) is 6.37. The van der Waals surface area contributed by atoms with E-state index in [2.05, 4.69) is 0 Å². The highest BCUT2D eigenvalue weighted by molar-refractivity contribution is 6.31. The second-order valence-electron chi connectivity index (χ2n) is 3.88. The maximum absolute atomic E-state index is 10.4. The SMILES string of the molecule is C/C(C=O)=C/C=C\N(C)Cc1ccccc1Cl. The van der Waals surface area contributed by atoms with Gasteiger partial charge in [0.1, 0.15) is 6.29 Å². The molecular weight excluding hydrogens is 234 g/mol. The van der Waals surface area contributed by atoms with Crippen LogP contribution in [0.15, 0.2) is 48.2 Å². The Kier molecular flexibility index (Phi) is 5.50. The van der Waals surface area contributed by atoms with E-state index in [1.54, 1.807) is 13.0 Å². The number of aldehydes is 1. The number of rotatable bonds is 5. The Morgan fingerprint density at radius 3 is 2.76 bits per heavy atom. The molecule has 0 atom stereocenters. The van der Waals surface area contributed by atoms with Crippen molar-refractivity contribution in [2.75, 3.05) is 7.05 Å². The standard InChI is InChI=1S/C14H16ClNO/c1-12(11-17)6-5-9-16(2)10-13-7-3-4-8-14(13)15/h3-9,11H,10H2,1-2H3/b9-5-,12-6-. The maximum Gasteiger partial charge on any atom is 0.145 e. The summed E-state index contributed by atoms with van der Waals surface area (Å²) in [4.78, 5) is 12.4. The summed E-state index contributed by atoms with van der Waals surface area (Å²) in [7, 11) is 1.96. The third kappa shape index (κ3) is 4.87. The molecule has 0 N–H and O–H groups in total. The third-order valence-corrected chi connectivity index (χ3v) is 2.63. The van der Waals surface area contributed by atoms with Crippen molar-refractivity contribution in [2.24, 2.45) is 0 Å². The summed E-state index contributed by atoms with van der Waals surface area (Å²) >= 11 is 6.07. The molecule has 0 fully saturated rings. The smallest absolute Gasteiger partial charge is 0.145 e. The predicted molar refractivity (Wildman–Crippen MR) is 71.9 cm³/mol. The Hall–Kier alpha value is -1.54. The molecule has 90 valence electrons. The molecule has 0 aliphatic carbocycles. The molecule has 1 aromatic carbocycles. The average molecular weight is 250 g/mol. The molecule has 0 unspecified atom stereocenters. The van der Waals surface area contributed by atoms with E-state index in [0.717, 1.165) is 23.4 Å². The average Bonchev–Trinajstić information content (AvgIpc) is 2.32. The van der Waals surface area contributed by atoms with Crippen molar-refractivity contribution in [1.82, 2.24) is 4.90 Å². The fraction of sp³-hybridized carbons (Fsp3) is 0.214. The largest absolute Gasteiger partial charge is 0.376 e. The van der Waals surface area contributed by atoms with Gasteiger partial charge >= 0.3 is 0 Å². The maximum atomic E-state index is 10.4. The van der Waals surface area contributed by atoms with Gasteiger partial charge in [-0.15, -0.1) is 0 Å². The van der Waals surface area contributed by atoms with E-state index in [0.29, 0.717) is 5.57 Å². The van der Waals surface area contributed by atoms with Crippen molar-refractivity contribution < 1.29 is 4.79 Å². The predicted octanol–water partition coefficient (Wildman–Crippen LogP) is 3.43. The van der Waals surface area contributed by atoms with Crippen LogP contribution in [0.4, 0.5) is 0 Å². The minimum absolute atomic E-state index is 0.701. The number of nitrogens with zero attached hydrogens (tertiary/aromatic N) is 1. The van der Waals surface area contributed by atoms with Crippen LogP contribution >= 0.6 is 11.6 Å². The lowest BCUT2D eigenvalue weighted by Gasteiger charge is -2.14. The molecule has 17 heavy (non-hydrogen) atoms. The van der Waals surface area contributed by atoms with E-state index < -0.39 is 0 Å². The topological polar surface area (TPSA) is 20.3 Å². The number of carbonyl (C=O) groups is 1. The van der Waals surface area contributed by atoms with Gasteiger partial charge in [0, 0.05) is 18.6 Å². The molecule has 0 aromatic heterocycles. The highest BCUT2D eigenvalue weighted by Gasteiger charge is 1.99. The van der Waals surface area contributed by atoms with Crippen LogP contribution in [-0.4, -0.2) is 18.2 Å². The van der Waals surface area contributed by atoms with E-state index in [9.17, 15) is 4.79 Å². The number of carbonyl (C=O) groups excluding carboxylic acids is 1. The Morgan fingerprint density at radius 2 is 2.12 bits per heavy atom. The van der Waals surface area contributed by atoms with E-state index in [1.807, 2.05) is 48.5 Å². The summed E-state index contributed by atoms with van der Waals surface area (Å²) in [6, 6.07) is 7.76. The number of benzene rings is 1. The molecule has 0 amide bonds. The van der Waals surface area contributed by atoms with Crippen molar-refractivity contribution >= 4 is 17.9 Å². The fourth-order valence-electron chi connectivity index (χ4n) is 1.33. The molecule has 0 heterocycles. The van der Waals surface area contributed by atoms with Crippen LogP contribution in [0.5, 0.6) is 0 Å². The molecule has 0 saturated carbocycles. The molecule has 0 aliphatic rings. The molecule has 3 heteroatoms. The van der Waals surface area contributed by atoms with Gasteiger partial charge in [-0.1, -0.05) is 35.9 Å². The van der Waals surface area contributed by atoms with Crippen LogP contribution in [0.1, 0.15) is 12.5 Å². The van der Waals surface area contributed by atoms with Gasteiger partial charge < -0.3 is 4.90 Å². The number of allylic oxidation sites excluding steroid dienone is 3. The van der Waals surface area contributed by atoms with Gasteiger partial charge in [0.15, 0.2) is 0 Å². The van der Waals surface area contributed by atoms with Gasteiger partial charge in [0.05, 0.1) is 0 Å². The van der Waals surface area contributed by atoms with E-state index in [1.165, 1.54) is 0 Å². The first-order valence-electron chi connectivity index (χ1n) is 5.37. The van der Waals surface area contributed by atoms with Gasteiger partial charge in [-0.25, -0.2) is 0 Å². The zero-order valence-corrected chi connectivity index (χ0v) is 10.8. The van der Waals surface area contributed by atoms with Crippen LogP contribution in [-0.2, 0) is 11.3 Å². The molecular formula is C14H16ClNO. The van der Waals surface area contributed by atoms with Crippen molar-refractivity contribution in [3.8, 4) is 0 Å². The molecule has 0 bridgehead atoms. The lowest BCUT2D eigenvalue weighted by molar-refractivity contribution is -0.104. The minimum atomic E-state index is 0.701. The summed E-state index contributed by atoms with van der Waals surface area (Å²) in [5, 5.41) is 0.771. The zero-order chi connectivity index (χ0) is 12.7. The van der Waals surface area contributed by atoms with Crippen LogP contribution in [0.2, 0.25) is 5.02 Å². The van der Waals surface area contributed by atoms with Gasteiger partial charge in [0.25, 0.3) is 0 Å². The molecule has 0 aliphatic heterocycles. The summed E-state index contributed by atoms with van der Waals surface area (Å²) in [5.41, 5.74) is 1.78. The molecule has 0 saturated heterocycles. The zero-order valence-electron chi connectivity index (χ0n) is 10.1.